The van der Waals surface area contributed by atoms with Crippen LogP contribution in [0, 0.1) is 6.92 Å². The van der Waals surface area contributed by atoms with Gasteiger partial charge in [0.15, 0.2) is 0 Å². The Balaban J connectivity index is 0.000000261. The lowest BCUT2D eigenvalue weighted by Crippen LogP contribution is -2.47. The van der Waals surface area contributed by atoms with Crippen LogP contribution in [0.2, 0.25) is 0 Å². The SMILES string of the molecule is CCOC1CCCCC1.COC(=O)c1ccc(C[NH3+])cc1-c1ccccc1C. The van der Waals surface area contributed by atoms with E-state index in [1.807, 2.05) is 49.4 Å². The highest BCUT2D eigenvalue weighted by Crippen LogP contribution is 2.28. The summed E-state index contributed by atoms with van der Waals surface area (Å²) in [5.41, 5.74) is 8.68. The molecule has 152 valence electrons. The fraction of sp³-hybridized carbons (Fsp3) is 0.458. The van der Waals surface area contributed by atoms with Gasteiger partial charge in [-0.15, -0.1) is 0 Å². The third-order valence-corrected chi connectivity index (χ3v) is 5.17. The first kappa shape index (κ1) is 22.1. The molecule has 0 heterocycles. The second-order valence-corrected chi connectivity index (χ2v) is 7.15. The van der Waals surface area contributed by atoms with Crippen molar-refractivity contribution < 1.29 is 20.0 Å². The number of carbonyl (C=O) groups excluding carboxylic acids is 1. The number of aryl methyl sites for hydroxylation is 1. The van der Waals surface area contributed by atoms with Gasteiger partial charge in [-0.1, -0.05) is 49.6 Å². The summed E-state index contributed by atoms with van der Waals surface area (Å²) in [6.07, 6.45) is 7.38. The van der Waals surface area contributed by atoms with Crippen LogP contribution in [0.15, 0.2) is 42.5 Å². The van der Waals surface area contributed by atoms with Gasteiger partial charge in [0.05, 0.1) is 25.3 Å². The molecule has 3 N–H and O–H groups in total. The van der Waals surface area contributed by atoms with Crippen molar-refractivity contribution in [3.63, 3.8) is 0 Å². The van der Waals surface area contributed by atoms with Crippen LogP contribution in [0.5, 0.6) is 0 Å². The summed E-state index contributed by atoms with van der Waals surface area (Å²) < 4.78 is 10.3. The quantitative estimate of drug-likeness (QED) is 0.770. The molecule has 4 nitrogen and oxygen atoms in total. The van der Waals surface area contributed by atoms with E-state index >= 15 is 0 Å². The predicted molar refractivity (Wildman–Crippen MR) is 113 cm³/mol. The van der Waals surface area contributed by atoms with E-state index in [0.717, 1.165) is 28.9 Å². The van der Waals surface area contributed by atoms with Crippen LogP contribution in [-0.4, -0.2) is 25.8 Å². The third-order valence-electron chi connectivity index (χ3n) is 5.17. The Morgan fingerprint density at radius 1 is 1.07 bits per heavy atom. The zero-order valence-corrected chi connectivity index (χ0v) is 17.5. The van der Waals surface area contributed by atoms with E-state index < -0.39 is 0 Å². The maximum absolute atomic E-state index is 11.9. The molecule has 1 aliphatic carbocycles. The molecule has 0 unspecified atom stereocenters. The summed E-state index contributed by atoms with van der Waals surface area (Å²) in [4.78, 5) is 11.9. The van der Waals surface area contributed by atoms with Gasteiger partial charge < -0.3 is 15.2 Å². The Hall–Kier alpha value is -2.17. The topological polar surface area (TPSA) is 63.2 Å². The number of benzene rings is 2. The van der Waals surface area contributed by atoms with Crippen LogP contribution in [0.4, 0.5) is 0 Å². The molecule has 28 heavy (non-hydrogen) atoms. The number of methoxy groups -OCH3 is 1. The van der Waals surface area contributed by atoms with Crippen LogP contribution >= 0.6 is 0 Å². The molecular formula is C24H34NO3+. The van der Waals surface area contributed by atoms with Crippen LogP contribution in [0.1, 0.15) is 60.5 Å². The molecule has 0 bridgehead atoms. The summed E-state index contributed by atoms with van der Waals surface area (Å²) in [7, 11) is 1.40. The molecule has 2 aromatic rings. The van der Waals surface area contributed by atoms with Gasteiger partial charge in [-0.25, -0.2) is 4.79 Å². The van der Waals surface area contributed by atoms with Gasteiger partial charge in [0.1, 0.15) is 0 Å². The standard InChI is InChI=1S/C16H17NO2.C8H16O/c1-11-5-3-4-6-13(11)15-9-12(10-17)7-8-14(15)16(18)19-2;1-2-9-8-6-4-3-5-7-8/h3-9H,10,17H2,1-2H3;8H,2-7H2,1H3/p+1. The second-order valence-electron chi connectivity index (χ2n) is 7.15. The molecule has 3 rings (SSSR count). The van der Waals surface area contributed by atoms with Gasteiger partial charge in [-0.05, 0) is 55.5 Å². The molecule has 2 aromatic carbocycles. The second kappa shape index (κ2) is 11.6. The van der Waals surface area contributed by atoms with Gasteiger partial charge in [0.25, 0.3) is 0 Å². The number of esters is 1. The lowest BCUT2D eigenvalue weighted by Gasteiger charge is -2.20. The van der Waals surface area contributed by atoms with Crippen molar-refractivity contribution in [1.82, 2.24) is 0 Å². The molecule has 0 radical (unpaired) electrons. The third kappa shape index (κ3) is 6.18. The molecule has 1 fully saturated rings. The van der Waals surface area contributed by atoms with Crippen LogP contribution in [0.3, 0.4) is 0 Å². The Labute approximate surface area is 169 Å². The molecule has 4 heteroatoms. The van der Waals surface area contributed by atoms with Gasteiger partial charge >= 0.3 is 5.97 Å². The average molecular weight is 385 g/mol. The van der Waals surface area contributed by atoms with Crippen molar-refractivity contribution in [2.75, 3.05) is 13.7 Å². The Morgan fingerprint density at radius 3 is 2.39 bits per heavy atom. The van der Waals surface area contributed by atoms with Gasteiger partial charge in [0.2, 0.25) is 0 Å². The van der Waals surface area contributed by atoms with Crippen molar-refractivity contribution in [3.05, 3.63) is 59.2 Å². The number of rotatable bonds is 5. The van der Waals surface area contributed by atoms with Crippen LogP contribution in [-0.2, 0) is 16.0 Å². The first-order valence-corrected chi connectivity index (χ1v) is 10.3. The number of ether oxygens (including phenoxy) is 2. The molecule has 1 aliphatic rings. The summed E-state index contributed by atoms with van der Waals surface area (Å²) in [6.45, 7) is 5.70. The van der Waals surface area contributed by atoms with Gasteiger partial charge in [-0.3, -0.25) is 0 Å². The fourth-order valence-corrected chi connectivity index (χ4v) is 3.60. The van der Waals surface area contributed by atoms with E-state index in [9.17, 15) is 4.79 Å². The minimum Gasteiger partial charge on any atom is -0.465 e. The molecule has 0 amide bonds. The van der Waals surface area contributed by atoms with E-state index in [1.54, 1.807) is 0 Å². The summed E-state index contributed by atoms with van der Waals surface area (Å²) in [5.74, 6) is -0.311. The van der Waals surface area contributed by atoms with Gasteiger partial charge in [0, 0.05) is 12.2 Å². The van der Waals surface area contributed by atoms with E-state index in [1.165, 1.54) is 39.2 Å². The summed E-state index contributed by atoms with van der Waals surface area (Å²) >= 11 is 0. The van der Waals surface area contributed by atoms with Gasteiger partial charge in [-0.2, -0.15) is 0 Å². The lowest BCUT2D eigenvalue weighted by atomic mass is 9.94. The van der Waals surface area contributed by atoms with E-state index in [2.05, 4.69) is 12.7 Å². The molecule has 0 saturated heterocycles. The number of hydrogen-bond donors (Lipinski definition) is 1. The average Bonchev–Trinajstić information content (AvgIpc) is 2.74. The van der Waals surface area contributed by atoms with Crippen LogP contribution < -0.4 is 5.73 Å². The van der Waals surface area contributed by atoms with E-state index in [0.29, 0.717) is 18.2 Å². The van der Waals surface area contributed by atoms with Crippen molar-refractivity contribution in [3.8, 4) is 11.1 Å². The molecule has 0 aromatic heterocycles. The zero-order chi connectivity index (χ0) is 20.4. The Kier molecular flexibility index (Phi) is 9.18. The maximum atomic E-state index is 11.9. The first-order chi connectivity index (χ1) is 13.6. The molecular weight excluding hydrogens is 350 g/mol. The first-order valence-electron chi connectivity index (χ1n) is 10.3. The highest BCUT2D eigenvalue weighted by Gasteiger charge is 2.15. The number of carbonyl (C=O) groups is 1. The minimum absolute atomic E-state index is 0.311. The number of quaternary nitrogens is 1. The van der Waals surface area contributed by atoms with Crippen molar-refractivity contribution in [2.24, 2.45) is 0 Å². The molecule has 0 spiro atoms. The van der Waals surface area contributed by atoms with E-state index in [4.69, 9.17) is 9.47 Å². The monoisotopic (exact) mass is 384 g/mol. The van der Waals surface area contributed by atoms with Crippen LogP contribution in [0.25, 0.3) is 11.1 Å². The molecule has 0 atom stereocenters. The van der Waals surface area contributed by atoms with Crippen molar-refractivity contribution in [1.29, 1.82) is 0 Å². The smallest absolute Gasteiger partial charge is 0.338 e. The Morgan fingerprint density at radius 2 is 1.79 bits per heavy atom. The highest BCUT2D eigenvalue weighted by atomic mass is 16.5. The largest absolute Gasteiger partial charge is 0.465 e. The van der Waals surface area contributed by atoms with Crippen molar-refractivity contribution in [2.45, 2.75) is 58.6 Å². The normalized spacial score (nSPS) is 14.1. The van der Waals surface area contributed by atoms with Crippen molar-refractivity contribution >= 4 is 5.97 Å². The summed E-state index contributed by atoms with van der Waals surface area (Å²) in [6, 6.07) is 13.8. The molecule has 1 saturated carbocycles. The zero-order valence-electron chi connectivity index (χ0n) is 17.5. The fourth-order valence-electron chi connectivity index (χ4n) is 3.60. The molecule has 0 aliphatic heterocycles. The minimum atomic E-state index is -0.311. The predicted octanol–water partition coefficient (Wildman–Crippen LogP) is 4.55. The Bertz CT molecular complexity index is 749. The van der Waals surface area contributed by atoms with E-state index in [-0.39, 0.29) is 5.97 Å². The number of hydrogen-bond acceptors (Lipinski definition) is 3. The highest BCUT2D eigenvalue weighted by molar-refractivity contribution is 5.97. The maximum Gasteiger partial charge on any atom is 0.338 e. The summed E-state index contributed by atoms with van der Waals surface area (Å²) in [5, 5.41) is 0. The lowest BCUT2D eigenvalue weighted by molar-refractivity contribution is -0.386.